The molecule has 0 radical (unpaired) electrons. The van der Waals surface area contributed by atoms with Gasteiger partial charge in [-0.05, 0) is 48.6 Å². The van der Waals surface area contributed by atoms with Gasteiger partial charge < -0.3 is 4.74 Å². The van der Waals surface area contributed by atoms with E-state index in [9.17, 15) is 0 Å². The van der Waals surface area contributed by atoms with Gasteiger partial charge in [-0.3, -0.25) is 0 Å². The third-order valence-corrected chi connectivity index (χ3v) is 3.97. The van der Waals surface area contributed by atoms with Crippen LogP contribution in [-0.4, -0.2) is 4.98 Å². The zero-order valence-electron chi connectivity index (χ0n) is 11.8. The highest BCUT2D eigenvalue weighted by atomic mass is 16.5. The number of benzene rings is 2. The van der Waals surface area contributed by atoms with Crippen LogP contribution in [0, 0.1) is 0 Å². The molecule has 1 aliphatic carbocycles. The van der Waals surface area contributed by atoms with E-state index in [2.05, 4.69) is 41.4 Å². The number of hydrogen-bond acceptors (Lipinski definition) is 2. The smallest absolute Gasteiger partial charge is 0.130 e. The minimum atomic E-state index is 0.508. The zero-order valence-corrected chi connectivity index (χ0v) is 11.8. The number of pyridine rings is 1. The lowest BCUT2D eigenvalue weighted by Gasteiger charge is -2.07. The first-order valence-electron chi connectivity index (χ1n) is 7.46. The molecule has 0 unspecified atom stereocenters. The molecule has 21 heavy (non-hydrogen) atoms. The first kappa shape index (κ1) is 12.4. The molecule has 0 aliphatic heterocycles. The first-order valence-corrected chi connectivity index (χ1v) is 7.46. The standard InChI is InChI=1S/C19H17NO/c1-2-4-19-16(3-1)7-10-17(20-19)13-21-18-11-8-15(9-12-18)14-5-6-14/h1-4,7-12,14H,5-6,13H2. The summed E-state index contributed by atoms with van der Waals surface area (Å²) in [5.41, 5.74) is 3.41. The molecule has 0 atom stereocenters. The van der Waals surface area contributed by atoms with Crippen molar-refractivity contribution < 1.29 is 4.74 Å². The van der Waals surface area contributed by atoms with Gasteiger partial charge in [-0.2, -0.15) is 0 Å². The maximum absolute atomic E-state index is 5.83. The molecule has 0 spiro atoms. The molecule has 2 aromatic carbocycles. The number of nitrogens with zero attached hydrogens (tertiary/aromatic N) is 1. The summed E-state index contributed by atoms with van der Waals surface area (Å²) >= 11 is 0. The maximum Gasteiger partial charge on any atom is 0.130 e. The van der Waals surface area contributed by atoms with E-state index >= 15 is 0 Å². The van der Waals surface area contributed by atoms with Gasteiger partial charge in [0, 0.05) is 5.39 Å². The summed E-state index contributed by atoms with van der Waals surface area (Å²) in [6.45, 7) is 0.508. The van der Waals surface area contributed by atoms with Gasteiger partial charge in [0.05, 0.1) is 11.2 Å². The topological polar surface area (TPSA) is 22.1 Å². The summed E-state index contributed by atoms with van der Waals surface area (Å²) in [6.07, 6.45) is 2.67. The van der Waals surface area contributed by atoms with E-state index in [4.69, 9.17) is 4.74 Å². The largest absolute Gasteiger partial charge is 0.487 e. The van der Waals surface area contributed by atoms with Gasteiger partial charge in [0.1, 0.15) is 12.4 Å². The highest BCUT2D eigenvalue weighted by Gasteiger charge is 2.22. The Morgan fingerprint density at radius 2 is 1.71 bits per heavy atom. The number of rotatable bonds is 4. The second kappa shape index (κ2) is 5.21. The lowest BCUT2D eigenvalue weighted by atomic mass is 10.1. The molecule has 104 valence electrons. The van der Waals surface area contributed by atoms with Crippen LogP contribution in [0.3, 0.4) is 0 Å². The average molecular weight is 275 g/mol. The molecule has 4 rings (SSSR count). The normalized spacial score (nSPS) is 14.3. The highest BCUT2D eigenvalue weighted by molar-refractivity contribution is 5.78. The third kappa shape index (κ3) is 2.75. The molecule has 1 heterocycles. The average Bonchev–Trinajstić information content (AvgIpc) is 3.38. The monoisotopic (exact) mass is 275 g/mol. The van der Waals surface area contributed by atoms with Gasteiger partial charge in [-0.15, -0.1) is 0 Å². The molecule has 1 aromatic heterocycles. The van der Waals surface area contributed by atoms with Crippen molar-refractivity contribution >= 4 is 10.9 Å². The Labute approximate surface area is 124 Å². The number of fused-ring (bicyclic) bond motifs is 1. The molecule has 0 saturated heterocycles. The minimum Gasteiger partial charge on any atom is -0.487 e. The fraction of sp³-hybridized carbons (Fsp3) is 0.211. The van der Waals surface area contributed by atoms with E-state index in [0.717, 1.165) is 28.3 Å². The molecule has 2 heteroatoms. The maximum atomic E-state index is 5.83. The Kier molecular flexibility index (Phi) is 3.07. The summed E-state index contributed by atoms with van der Waals surface area (Å²) in [5.74, 6) is 1.70. The van der Waals surface area contributed by atoms with Crippen LogP contribution in [0.2, 0.25) is 0 Å². The van der Waals surface area contributed by atoms with Crippen molar-refractivity contribution in [3.63, 3.8) is 0 Å². The Bertz CT molecular complexity index is 760. The van der Waals surface area contributed by atoms with Crippen LogP contribution in [0.5, 0.6) is 5.75 Å². The summed E-state index contributed by atoms with van der Waals surface area (Å²) < 4.78 is 5.83. The predicted octanol–water partition coefficient (Wildman–Crippen LogP) is 4.69. The molecule has 0 bridgehead atoms. The quantitative estimate of drug-likeness (QED) is 0.689. The minimum absolute atomic E-state index is 0.508. The van der Waals surface area contributed by atoms with Crippen molar-refractivity contribution in [2.75, 3.05) is 0 Å². The van der Waals surface area contributed by atoms with E-state index in [-0.39, 0.29) is 0 Å². The van der Waals surface area contributed by atoms with Crippen molar-refractivity contribution in [3.05, 3.63) is 71.9 Å². The fourth-order valence-corrected chi connectivity index (χ4v) is 2.60. The molecule has 1 aliphatic rings. The Morgan fingerprint density at radius 3 is 2.52 bits per heavy atom. The molecule has 3 aromatic rings. The molecule has 1 saturated carbocycles. The van der Waals surface area contributed by atoms with E-state index in [0.29, 0.717) is 6.61 Å². The third-order valence-electron chi connectivity index (χ3n) is 3.97. The number of aromatic nitrogens is 1. The van der Waals surface area contributed by atoms with Crippen molar-refractivity contribution in [3.8, 4) is 5.75 Å². The van der Waals surface area contributed by atoms with Crippen LogP contribution in [-0.2, 0) is 6.61 Å². The fourth-order valence-electron chi connectivity index (χ4n) is 2.60. The van der Waals surface area contributed by atoms with Gasteiger partial charge in [0.25, 0.3) is 0 Å². The van der Waals surface area contributed by atoms with Crippen molar-refractivity contribution in [2.45, 2.75) is 25.4 Å². The lowest BCUT2D eigenvalue weighted by Crippen LogP contribution is -1.98. The van der Waals surface area contributed by atoms with E-state index in [1.165, 1.54) is 18.4 Å². The highest BCUT2D eigenvalue weighted by Crippen LogP contribution is 2.40. The Hall–Kier alpha value is -2.35. The summed E-state index contributed by atoms with van der Waals surface area (Å²) in [4.78, 5) is 4.62. The van der Waals surface area contributed by atoms with Gasteiger partial charge in [0.15, 0.2) is 0 Å². The second-order valence-corrected chi connectivity index (χ2v) is 5.63. The number of para-hydroxylation sites is 1. The van der Waals surface area contributed by atoms with Crippen LogP contribution in [0.1, 0.15) is 30.0 Å². The van der Waals surface area contributed by atoms with Crippen molar-refractivity contribution in [2.24, 2.45) is 0 Å². The summed E-state index contributed by atoms with van der Waals surface area (Å²) in [5, 5.41) is 1.16. The van der Waals surface area contributed by atoms with E-state index in [1.807, 2.05) is 24.3 Å². The van der Waals surface area contributed by atoms with E-state index in [1.54, 1.807) is 0 Å². The second-order valence-electron chi connectivity index (χ2n) is 5.63. The zero-order chi connectivity index (χ0) is 14.1. The van der Waals surface area contributed by atoms with Gasteiger partial charge in [-0.25, -0.2) is 4.98 Å². The summed E-state index contributed by atoms with van der Waals surface area (Å²) in [7, 11) is 0. The van der Waals surface area contributed by atoms with Gasteiger partial charge in [-0.1, -0.05) is 36.4 Å². The first-order chi connectivity index (χ1) is 10.4. The molecule has 2 nitrogen and oxygen atoms in total. The number of ether oxygens (including phenoxy) is 1. The van der Waals surface area contributed by atoms with Crippen LogP contribution < -0.4 is 4.74 Å². The van der Waals surface area contributed by atoms with E-state index < -0.39 is 0 Å². The number of hydrogen-bond donors (Lipinski definition) is 0. The van der Waals surface area contributed by atoms with Crippen LogP contribution in [0.4, 0.5) is 0 Å². The molecule has 1 fully saturated rings. The van der Waals surface area contributed by atoms with Gasteiger partial charge >= 0.3 is 0 Å². The molecular weight excluding hydrogens is 258 g/mol. The lowest BCUT2D eigenvalue weighted by molar-refractivity contribution is 0.301. The Balaban J connectivity index is 1.46. The molecular formula is C19H17NO. The van der Waals surface area contributed by atoms with Crippen LogP contribution in [0.25, 0.3) is 10.9 Å². The predicted molar refractivity (Wildman–Crippen MR) is 84.5 cm³/mol. The molecule has 0 N–H and O–H groups in total. The Morgan fingerprint density at radius 1 is 0.905 bits per heavy atom. The summed E-state index contributed by atoms with van der Waals surface area (Å²) in [6, 6.07) is 20.8. The van der Waals surface area contributed by atoms with Crippen molar-refractivity contribution in [1.82, 2.24) is 4.98 Å². The van der Waals surface area contributed by atoms with Crippen molar-refractivity contribution in [1.29, 1.82) is 0 Å². The van der Waals surface area contributed by atoms with Gasteiger partial charge in [0.2, 0.25) is 0 Å². The SMILES string of the molecule is c1ccc2nc(COc3ccc(C4CC4)cc3)ccc2c1. The molecule has 0 amide bonds. The van der Waals surface area contributed by atoms with Crippen LogP contribution >= 0.6 is 0 Å². The van der Waals surface area contributed by atoms with Crippen LogP contribution in [0.15, 0.2) is 60.7 Å².